The van der Waals surface area contributed by atoms with Gasteiger partial charge in [0.05, 0.1) is 0 Å². The van der Waals surface area contributed by atoms with Gasteiger partial charge in [0.2, 0.25) is 0 Å². The molecule has 2 heteroatoms. The molecule has 0 unspecified atom stereocenters. The Bertz CT molecular complexity index is 311. The molecule has 0 spiro atoms. The molecule has 0 atom stereocenters. The summed E-state index contributed by atoms with van der Waals surface area (Å²) < 4.78 is 0. The third-order valence-corrected chi connectivity index (χ3v) is 6.09. The van der Waals surface area contributed by atoms with Gasteiger partial charge in [-0.25, -0.2) is 0 Å². The Morgan fingerprint density at radius 2 is 1.10 bits per heavy atom. The van der Waals surface area contributed by atoms with Crippen molar-refractivity contribution in [3.63, 3.8) is 0 Å². The van der Waals surface area contributed by atoms with Crippen LogP contribution in [0.1, 0.15) is 70.6 Å². The molecule has 2 saturated carbocycles. The second kappa shape index (κ2) is 7.11. The predicted octanol–water partition coefficient (Wildman–Crippen LogP) is 4.30. The van der Waals surface area contributed by atoms with Crippen LogP contribution in [0.2, 0.25) is 0 Å². The molecule has 21 heavy (non-hydrogen) atoms. The van der Waals surface area contributed by atoms with Crippen LogP contribution in [-0.4, -0.2) is 12.1 Å². The van der Waals surface area contributed by atoms with Gasteiger partial charge in [0.1, 0.15) is 0 Å². The Labute approximate surface area is 131 Å². The minimum absolute atomic E-state index is 0.415. The standard InChI is InChI=1S/C19H34N2/c1-3-9-18(11-5-16(20)6-12-18)15-19(10-4-2)13-7-17(21)8-14-19/h3-4,16-17H,1-2,5-15,20-21H2. The van der Waals surface area contributed by atoms with Crippen molar-refractivity contribution in [1.29, 1.82) is 0 Å². The first-order valence-corrected chi connectivity index (χ1v) is 8.76. The van der Waals surface area contributed by atoms with E-state index in [0.29, 0.717) is 22.9 Å². The quantitative estimate of drug-likeness (QED) is 0.716. The van der Waals surface area contributed by atoms with Crippen LogP contribution in [-0.2, 0) is 0 Å². The fourth-order valence-corrected chi connectivity index (χ4v) is 4.82. The van der Waals surface area contributed by atoms with E-state index in [1.165, 1.54) is 57.8 Å². The molecule has 0 heterocycles. The van der Waals surface area contributed by atoms with E-state index in [1.54, 1.807) is 0 Å². The van der Waals surface area contributed by atoms with Crippen molar-refractivity contribution in [3.8, 4) is 0 Å². The Hall–Kier alpha value is -0.600. The molecule has 0 amide bonds. The molecule has 2 nitrogen and oxygen atoms in total. The van der Waals surface area contributed by atoms with E-state index in [2.05, 4.69) is 25.3 Å². The van der Waals surface area contributed by atoms with Crippen LogP contribution in [0.5, 0.6) is 0 Å². The van der Waals surface area contributed by atoms with E-state index >= 15 is 0 Å². The summed E-state index contributed by atoms with van der Waals surface area (Å²) in [5.74, 6) is 0. The van der Waals surface area contributed by atoms with Crippen LogP contribution in [0.3, 0.4) is 0 Å². The molecule has 2 aliphatic rings. The highest BCUT2D eigenvalue weighted by Crippen LogP contribution is 2.53. The van der Waals surface area contributed by atoms with Gasteiger partial charge in [-0.1, -0.05) is 12.2 Å². The average molecular weight is 290 g/mol. The summed E-state index contributed by atoms with van der Waals surface area (Å²) in [6.45, 7) is 8.04. The van der Waals surface area contributed by atoms with Crippen molar-refractivity contribution in [2.24, 2.45) is 22.3 Å². The van der Waals surface area contributed by atoms with Crippen LogP contribution < -0.4 is 11.5 Å². The molecule has 0 bridgehead atoms. The van der Waals surface area contributed by atoms with E-state index in [0.717, 1.165) is 12.8 Å². The lowest BCUT2D eigenvalue weighted by Gasteiger charge is -2.48. The van der Waals surface area contributed by atoms with Crippen molar-refractivity contribution >= 4 is 0 Å². The summed E-state index contributed by atoms with van der Waals surface area (Å²) in [6.07, 6.45) is 17.7. The third-order valence-electron chi connectivity index (χ3n) is 6.09. The summed E-state index contributed by atoms with van der Waals surface area (Å²) in [4.78, 5) is 0. The molecule has 2 aliphatic carbocycles. The Kier molecular flexibility index (Phi) is 5.67. The molecule has 0 aromatic carbocycles. The Morgan fingerprint density at radius 1 is 0.762 bits per heavy atom. The minimum atomic E-state index is 0.415. The molecule has 120 valence electrons. The molecule has 2 rings (SSSR count). The van der Waals surface area contributed by atoms with Gasteiger partial charge in [0, 0.05) is 12.1 Å². The van der Waals surface area contributed by atoms with Crippen LogP contribution >= 0.6 is 0 Å². The van der Waals surface area contributed by atoms with Crippen molar-refractivity contribution in [2.45, 2.75) is 82.7 Å². The smallest absolute Gasteiger partial charge is 0.00392 e. The number of allylic oxidation sites excluding steroid dienone is 2. The predicted molar refractivity (Wildman–Crippen MR) is 92.0 cm³/mol. The van der Waals surface area contributed by atoms with Crippen molar-refractivity contribution in [2.75, 3.05) is 0 Å². The van der Waals surface area contributed by atoms with Crippen molar-refractivity contribution < 1.29 is 0 Å². The molecular formula is C19H34N2. The van der Waals surface area contributed by atoms with E-state index in [1.807, 2.05) is 0 Å². The van der Waals surface area contributed by atoms with Gasteiger partial charge in [0.25, 0.3) is 0 Å². The van der Waals surface area contributed by atoms with Gasteiger partial charge in [0.15, 0.2) is 0 Å². The topological polar surface area (TPSA) is 52.0 Å². The molecule has 4 N–H and O–H groups in total. The largest absolute Gasteiger partial charge is 0.328 e. The zero-order valence-electron chi connectivity index (χ0n) is 13.7. The maximum Gasteiger partial charge on any atom is 0.00392 e. The van der Waals surface area contributed by atoms with E-state index in [9.17, 15) is 0 Å². The highest BCUT2D eigenvalue weighted by molar-refractivity contribution is 5.00. The molecule has 0 aromatic rings. The maximum absolute atomic E-state index is 6.14. The normalized spacial score (nSPS) is 40.7. The first-order valence-electron chi connectivity index (χ1n) is 8.76. The van der Waals surface area contributed by atoms with Crippen LogP contribution in [0, 0.1) is 10.8 Å². The fourth-order valence-electron chi connectivity index (χ4n) is 4.82. The van der Waals surface area contributed by atoms with Crippen LogP contribution in [0.25, 0.3) is 0 Å². The van der Waals surface area contributed by atoms with Gasteiger partial charge >= 0.3 is 0 Å². The number of rotatable bonds is 6. The van der Waals surface area contributed by atoms with Gasteiger partial charge in [-0.05, 0) is 81.5 Å². The third kappa shape index (κ3) is 4.20. The molecular weight excluding hydrogens is 256 g/mol. The lowest BCUT2D eigenvalue weighted by molar-refractivity contribution is 0.0508. The van der Waals surface area contributed by atoms with E-state index in [-0.39, 0.29) is 0 Å². The van der Waals surface area contributed by atoms with Crippen molar-refractivity contribution in [3.05, 3.63) is 25.3 Å². The van der Waals surface area contributed by atoms with E-state index < -0.39 is 0 Å². The van der Waals surface area contributed by atoms with Crippen molar-refractivity contribution in [1.82, 2.24) is 0 Å². The zero-order chi connectivity index (χ0) is 15.3. The Morgan fingerprint density at radius 3 is 1.38 bits per heavy atom. The first kappa shape index (κ1) is 16.8. The molecule has 0 radical (unpaired) electrons. The summed E-state index contributed by atoms with van der Waals surface area (Å²) in [6, 6.07) is 0.830. The number of hydrogen-bond donors (Lipinski definition) is 2. The Balaban J connectivity index is 2.12. The summed E-state index contributed by atoms with van der Waals surface area (Å²) in [5.41, 5.74) is 13.1. The van der Waals surface area contributed by atoms with Gasteiger partial charge in [-0.15, -0.1) is 13.2 Å². The van der Waals surface area contributed by atoms with E-state index in [4.69, 9.17) is 11.5 Å². The lowest BCUT2D eigenvalue weighted by Crippen LogP contribution is -2.41. The fraction of sp³-hybridized carbons (Fsp3) is 0.789. The van der Waals surface area contributed by atoms with Gasteiger partial charge < -0.3 is 11.5 Å². The lowest BCUT2D eigenvalue weighted by atomic mass is 9.57. The number of nitrogens with two attached hydrogens (primary N) is 2. The highest BCUT2D eigenvalue weighted by atomic mass is 14.7. The molecule has 0 aromatic heterocycles. The SMILES string of the molecule is C=CCC1(CC2(CC=C)CCC(N)CC2)CCC(N)CC1. The minimum Gasteiger partial charge on any atom is -0.328 e. The van der Waals surface area contributed by atoms with Crippen LogP contribution in [0.15, 0.2) is 25.3 Å². The summed E-state index contributed by atoms with van der Waals surface area (Å²) in [7, 11) is 0. The summed E-state index contributed by atoms with van der Waals surface area (Å²) in [5, 5.41) is 0. The molecule has 0 saturated heterocycles. The van der Waals surface area contributed by atoms with Gasteiger partial charge in [-0.2, -0.15) is 0 Å². The highest BCUT2D eigenvalue weighted by Gasteiger charge is 2.42. The zero-order valence-corrected chi connectivity index (χ0v) is 13.7. The average Bonchev–Trinajstić information content (AvgIpc) is 2.46. The summed E-state index contributed by atoms with van der Waals surface area (Å²) >= 11 is 0. The molecule has 0 aliphatic heterocycles. The second-order valence-corrected chi connectivity index (χ2v) is 7.84. The van der Waals surface area contributed by atoms with Gasteiger partial charge in [-0.3, -0.25) is 0 Å². The monoisotopic (exact) mass is 290 g/mol. The number of hydrogen-bond acceptors (Lipinski definition) is 2. The van der Waals surface area contributed by atoms with Crippen LogP contribution in [0.4, 0.5) is 0 Å². The second-order valence-electron chi connectivity index (χ2n) is 7.84. The maximum atomic E-state index is 6.14. The first-order chi connectivity index (χ1) is 10.0. The molecule has 2 fully saturated rings.